The molecule has 1 atom stereocenters. The van der Waals surface area contributed by atoms with Gasteiger partial charge in [-0.25, -0.2) is 4.98 Å². The third-order valence-corrected chi connectivity index (χ3v) is 9.54. The lowest BCUT2D eigenvalue weighted by Crippen LogP contribution is -2.33. The van der Waals surface area contributed by atoms with E-state index < -0.39 is 0 Å². The lowest BCUT2D eigenvalue weighted by molar-refractivity contribution is -0.124. The number of hydrogen-bond acceptors (Lipinski definition) is 2. The van der Waals surface area contributed by atoms with Gasteiger partial charge in [-0.05, 0) is 92.2 Å². The van der Waals surface area contributed by atoms with Crippen molar-refractivity contribution >= 4 is 16.9 Å². The zero-order chi connectivity index (χ0) is 28.2. The number of nitrogens with one attached hydrogen (secondary N) is 1. The van der Waals surface area contributed by atoms with Crippen molar-refractivity contribution in [3.05, 3.63) is 99.9 Å². The molecule has 0 radical (unpaired) electrons. The molecule has 214 valence electrons. The molecule has 4 heteroatoms. The molecule has 4 nitrogen and oxygen atoms in total. The Morgan fingerprint density at radius 1 is 0.878 bits per heavy atom. The van der Waals surface area contributed by atoms with Crippen molar-refractivity contribution < 1.29 is 4.79 Å². The summed E-state index contributed by atoms with van der Waals surface area (Å²) in [5.74, 6) is 0.477. The highest BCUT2D eigenvalue weighted by molar-refractivity contribution is 5.86. The van der Waals surface area contributed by atoms with Crippen LogP contribution >= 0.6 is 0 Å². The number of rotatable bonds is 7. The minimum Gasteiger partial charge on any atom is -0.351 e. The van der Waals surface area contributed by atoms with Crippen molar-refractivity contribution in [2.24, 2.45) is 5.92 Å². The second kappa shape index (κ2) is 12.6. The van der Waals surface area contributed by atoms with E-state index in [1.165, 1.54) is 72.7 Å². The van der Waals surface area contributed by atoms with Crippen LogP contribution < -0.4 is 5.32 Å². The van der Waals surface area contributed by atoms with Gasteiger partial charge in [0, 0.05) is 29.9 Å². The van der Waals surface area contributed by atoms with Crippen LogP contribution in [0.2, 0.25) is 0 Å². The van der Waals surface area contributed by atoms with Crippen LogP contribution in [-0.2, 0) is 30.7 Å². The van der Waals surface area contributed by atoms with E-state index in [9.17, 15) is 4.79 Å². The molecule has 0 aliphatic heterocycles. The molecule has 0 spiro atoms. The summed E-state index contributed by atoms with van der Waals surface area (Å²) in [6.45, 7) is 5.77. The van der Waals surface area contributed by atoms with Gasteiger partial charge in [-0.15, -0.1) is 0 Å². The largest absolute Gasteiger partial charge is 0.351 e. The Balaban J connectivity index is 1.29. The summed E-state index contributed by atoms with van der Waals surface area (Å²) in [4.78, 5) is 18.8. The van der Waals surface area contributed by atoms with Crippen molar-refractivity contribution in [2.45, 2.75) is 103 Å². The Labute approximate surface area is 245 Å². The van der Waals surface area contributed by atoms with E-state index >= 15 is 0 Å². The average Bonchev–Trinajstić information content (AvgIpc) is 3.23. The molecule has 1 N–H and O–H groups in total. The fraction of sp³-hybridized carbons (Fsp3) is 0.459. The number of aryl methyl sites for hydroxylation is 3. The molecule has 6 rings (SSSR count). The summed E-state index contributed by atoms with van der Waals surface area (Å²) in [5.41, 5.74) is 10.2. The summed E-state index contributed by atoms with van der Waals surface area (Å²) in [6.07, 6.45) is 13.4. The van der Waals surface area contributed by atoms with Crippen LogP contribution in [0.4, 0.5) is 0 Å². The van der Waals surface area contributed by atoms with Crippen molar-refractivity contribution in [2.75, 3.05) is 0 Å². The summed E-state index contributed by atoms with van der Waals surface area (Å²) in [5, 5.41) is 4.67. The smallest absolute Gasteiger partial charge is 0.228 e. The van der Waals surface area contributed by atoms with Gasteiger partial charge in [0.05, 0.1) is 5.92 Å². The Hall–Kier alpha value is -3.40. The third kappa shape index (κ3) is 6.12. The Morgan fingerprint density at radius 3 is 2.34 bits per heavy atom. The van der Waals surface area contributed by atoms with E-state index in [1.807, 2.05) is 18.2 Å². The first-order chi connectivity index (χ1) is 20.1. The van der Waals surface area contributed by atoms with E-state index in [1.54, 1.807) is 0 Å². The molecule has 2 aliphatic rings. The van der Waals surface area contributed by atoms with E-state index in [2.05, 4.69) is 66.2 Å². The number of aromatic nitrogens is 2. The van der Waals surface area contributed by atoms with Gasteiger partial charge < -0.3 is 9.88 Å². The number of carbonyl (C=O) groups is 1. The number of fused-ring (bicyclic) bond motifs is 3. The van der Waals surface area contributed by atoms with Gasteiger partial charge in [-0.2, -0.15) is 0 Å². The maximum atomic E-state index is 13.7. The molecule has 1 fully saturated rings. The maximum absolute atomic E-state index is 13.7. The van der Waals surface area contributed by atoms with Crippen LogP contribution in [0.1, 0.15) is 103 Å². The lowest BCUT2D eigenvalue weighted by Gasteiger charge is -2.26. The highest BCUT2D eigenvalue weighted by atomic mass is 16.1. The van der Waals surface area contributed by atoms with Gasteiger partial charge in [0.1, 0.15) is 5.65 Å². The van der Waals surface area contributed by atoms with Crippen LogP contribution in [0.3, 0.4) is 0 Å². The van der Waals surface area contributed by atoms with Gasteiger partial charge in [0.25, 0.3) is 0 Å². The molecular weight excluding hydrogens is 502 g/mol. The fourth-order valence-electron chi connectivity index (χ4n) is 7.51. The zero-order valence-corrected chi connectivity index (χ0v) is 24.9. The summed E-state index contributed by atoms with van der Waals surface area (Å²) in [7, 11) is 0. The first-order valence-electron chi connectivity index (χ1n) is 16.0. The number of benzene rings is 2. The van der Waals surface area contributed by atoms with Crippen LogP contribution in [0, 0.1) is 19.8 Å². The van der Waals surface area contributed by atoms with Crippen molar-refractivity contribution in [1.82, 2.24) is 14.9 Å². The molecule has 1 amide bonds. The monoisotopic (exact) mass is 547 g/mol. The average molecular weight is 548 g/mol. The molecule has 0 bridgehead atoms. The van der Waals surface area contributed by atoms with Gasteiger partial charge in [0.15, 0.2) is 0 Å². The number of carbonyl (C=O) groups excluding carboxylic acids is 1. The minimum atomic E-state index is -0.0958. The highest BCUT2D eigenvalue weighted by Crippen LogP contribution is 2.37. The van der Waals surface area contributed by atoms with Gasteiger partial charge >= 0.3 is 0 Å². The molecule has 41 heavy (non-hydrogen) atoms. The van der Waals surface area contributed by atoms with Crippen LogP contribution in [0.5, 0.6) is 0 Å². The Morgan fingerprint density at radius 2 is 1.59 bits per heavy atom. The molecular formula is C37H45N3O. The Kier molecular flexibility index (Phi) is 8.55. The van der Waals surface area contributed by atoms with Crippen LogP contribution in [-0.4, -0.2) is 15.5 Å². The van der Waals surface area contributed by atoms with E-state index in [0.29, 0.717) is 12.5 Å². The first-order valence-corrected chi connectivity index (χ1v) is 16.0. The fourth-order valence-corrected chi connectivity index (χ4v) is 7.51. The predicted octanol–water partition coefficient (Wildman–Crippen LogP) is 8.34. The SMILES string of the molecule is Cc1cc(C)c2c3c(n(Cc4ccc(C(C(=O)NCc5ccccc5)C5CCCCCC5)cc4)c2n1)CCCCC3. The predicted molar refractivity (Wildman–Crippen MR) is 168 cm³/mol. The number of amides is 1. The van der Waals surface area contributed by atoms with Crippen molar-refractivity contribution in [3.8, 4) is 0 Å². The quantitative estimate of drug-likeness (QED) is 0.187. The second-order valence-electron chi connectivity index (χ2n) is 12.5. The van der Waals surface area contributed by atoms with Crippen molar-refractivity contribution in [3.63, 3.8) is 0 Å². The summed E-state index contributed by atoms with van der Waals surface area (Å²) >= 11 is 0. The van der Waals surface area contributed by atoms with E-state index in [4.69, 9.17) is 4.98 Å². The molecule has 2 aliphatic carbocycles. The van der Waals surface area contributed by atoms with Gasteiger partial charge in [-0.1, -0.05) is 86.7 Å². The standard InChI is InChI=1S/C37H45N3O/c1-26-23-27(2)39-36-34(26)32-17-11-6-12-18-33(32)40(36)25-29-19-21-31(22-20-29)35(30-15-9-3-4-10-16-30)37(41)38-24-28-13-7-5-8-14-28/h5,7-8,13-14,19-23,30,35H,3-4,6,9-12,15-18,24-25H2,1-2H3,(H,38,41). The molecule has 1 saturated carbocycles. The first kappa shape index (κ1) is 27.8. The van der Waals surface area contributed by atoms with Gasteiger partial charge in [0.2, 0.25) is 5.91 Å². The summed E-state index contributed by atoms with van der Waals surface area (Å²) in [6, 6.07) is 21.5. The molecule has 2 heterocycles. The normalized spacial score (nSPS) is 17.0. The molecule has 2 aromatic heterocycles. The van der Waals surface area contributed by atoms with E-state index in [-0.39, 0.29) is 11.8 Å². The molecule has 0 saturated heterocycles. The third-order valence-electron chi connectivity index (χ3n) is 9.54. The highest BCUT2D eigenvalue weighted by Gasteiger charge is 2.30. The second-order valence-corrected chi connectivity index (χ2v) is 12.5. The number of pyridine rings is 1. The number of nitrogens with zero attached hydrogens (tertiary/aromatic N) is 2. The number of hydrogen-bond donors (Lipinski definition) is 1. The van der Waals surface area contributed by atoms with E-state index in [0.717, 1.165) is 54.7 Å². The molecule has 4 aromatic rings. The van der Waals surface area contributed by atoms with Crippen LogP contribution in [0.15, 0.2) is 60.7 Å². The Bertz CT molecular complexity index is 1480. The lowest BCUT2D eigenvalue weighted by atomic mass is 9.80. The van der Waals surface area contributed by atoms with Crippen LogP contribution in [0.25, 0.3) is 11.0 Å². The maximum Gasteiger partial charge on any atom is 0.228 e. The molecule has 2 aromatic carbocycles. The zero-order valence-electron chi connectivity index (χ0n) is 24.9. The van der Waals surface area contributed by atoms with Crippen molar-refractivity contribution in [1.29, 1.82) is 0 Å². The topological polar surface area (TPSA) is 46.9 Å². The summed E-state index contributed by atoms with van der Waals surface area (Å²) < 4.78 is 2.50. The minimum absolute atomic E-state index is 0.0958. The molecule has 1 unspecified atom stereocenters. The van der Waals surface area contributed by atoms with Gasteiger partial charge in [-0.3, -0.25) is 4.79 Å².